The average molecular weight is 338 g/mol. The fourth-order valence-electron chi connectivity index (χ4n) is 7.08. The van der Waals surface area contributed by atoms with Crippen LogP contribution in [0.15, 0.2) is 33.3 Å². The summed E-state index contributed by atoms with van der Waals surface area (Å²) < 4.78 is 0. The molecule has 1 heterocycles. The Morgan fingerprint density at radius 1 is 0.960 bits per heavy atom. The Labute approximate surface area is 151 Å². The van der Waals surface area contributed by atoms with E-state index in [2.05, 4.69) is 36.0 Å². The maximum absolute atomic E-state index is 10.1. The highest BCUT2D eigenvalue weighted by Crippen LogP contribution is 2.65. The van der Waals surface area contributed by atoms with Crippen molar-refractivity contribution in [1.82, 2.24) is 0 Å². The van der Waals surface area contributed by atoms with Crippen LogP contribution >= 0.6 is 0 Å². The zero-order chi connectivity index (χ0) is 17.2. The topological polar surface area (TPSA) is 45.0 Å². The van der Waals surface area contributed by atoms with Gasteiger partial charge in [0.25, 0.3) is 0 Å². The summed E-state index contributed by atoms with van der Waals surface area (Å²) in [5.41, 5.74) is 3.66. The molecule has 0 amide bonds. The summed E-state index contributed by atoms with van der Waals surface area (Å²) >= 11 is 0. The van der Waals surface area contributed by atoms with E-state index in [1.165, 1.54) is 37.7 Å². The molecule has 1 N–H and O–H groups in total. The zero-order valence-electron chi connectivity index (χ0n) is 15.5. The quantitative estimate of drug-likeness (QED) is 0.711. The van der Waals surface area contributed by atoms with Gasteiger partial charge in [-0.05, 0) is 79.1 Å². The van der Waals surface area contributed by atoms with E-state index in [-0.39, 0.29) is 17.7 Å². The zero-order valence-corrected chi connectivity index (χ0v) is 15.5. The van der Waals surface area contributed by atoms with Gasteiger partial charge in [0.15, 0.2) is 6.17 Å². The molecule has 0 radical (unpaired) electrons. The Morgan fingerprint density at radius 3 is 2.52 bits per heavy atom. The van der Waals surface area contributed by atoms with Crippen molar-refractivity contribution in [2.24, 2.45) is 38.6 Å². The SMILES string of the molecule is C[C@]12CC[C@H](O)CC1=CCC1C2CC[C@]2(C)C(C3N=CC=N3)=CCC12. The molecule has 0 aromatic carbocycles. The number of aliphatic hydroxyl groups excluding tert-OH is 1. The van der Waals surface area contributed by atoms with Crippen LogP contribution in [0.5, 0.6) is 0 Å². The van der Waals surface area contributed by atoms with Gasteiger partial charge in [-0.1, -0.05) is 31.6 Å². The molecule has 6 atom stereocenters. The summed E-state index contributed by atoms with van der Waals surface area (Å²) in [5, 5.41) is 10.1. The second-order valence-electron chi connectivity index (χ2n) is 9.48. The van der Waals surface area contributed by atoms with Crippen molar-refractivity contribution in [3.8, 4) is 0 Å². The minimum Gasteiger partial charge on any atom is -0.393 e. The molecule has 2 fully saturated rings. The molecule has 5 rings (SSSR count). The van der Waals surface area contributed by atoms with Gasteiger partial charge in [0.05, 0.1) is 6.10 Å². The average Bonchev–Trinajstić information content (AvgIpc) is 3.22. The highest BCUT2D eigenvalue weighted by Gasteiger charge is 2.57. The van der Waals surface area contributed by atoms with E-state index >= 15 is 0 Å². The van der Waals surface area contributed by atoms with Crippen LogP contribution in [0.1, 0.15) is 58.8 Å². The van der Waals surface area contributed by atoms with E-state index in [0.29, 0.717) is 5.41 Å². The molecular formula is C22H30N2O. The Bertz CT molecular complexity index is 693. The third-order valence-electron chi connectivity index (χ3n) is 8.52. The lowest BCUT2D eigenvalue weighted by atomic mass is 9.47. The molecular weight excluding hydrogens is 308 g/mol. The Morgan fingerprint density at radius 2 is 1.72 bits per heavy atom. The predicted octanol–water partition coefficient (Wildman–Crippen LogP) is 4.33. The molecule has 0 bridgehead atoms. The molecule has 4 aliphatic carbocycles. The largest absolute Gasteiger partial charge is 0.393 e. The van der Waals surface area contributed by atoms with E-state index in [4.69, 9.17) is 0 Å². The van der Waals surface area contributed by atoms with Gasteiger partial charge in [-0.25, -0.2) is 0 Å². The smallest absolute Gasteiger partial charge is 0.161 e. The molecule has 0 spiro atoms. The molecule has 134 valence electrons. The summed E-state index contributed by atoms with van der Waals surface area (Å²) in [4.78, 5) is 9.18. The number of aliphatic hydroxyl groups is 1. The number of nitrogens with zero attached hydrogens (tertiary/aromatic N) is 2. The molecule has 3 nitrogen and oxygen atoms in total. The van der Waals surface area contributed by atoms with E-state index in [1.54, 1.807) is 5.57 Å². The number of allylic oxidation sites excluding steroid dienone is 2. The lowest BCUT2D eigenvalue weighted by molar-refractivity contribution is -0.0304. The van der Waals surface area contributed by atoms with E-state index in [9.17, 15) is 5.11 Å². The van der Waals surface area contributed by atoms with Crippen molar-refractivity contribution in [1.29, 1.82) is 0 Å². The van der Waals surface area contributed by atoms with Crippen molar-refractivity contribution in [2.45, 2.75) is 71.1 Å². The number of rotatable bonds is 1. The summed E-state index contributed by atoms with van der Waals surface area (Å²) in [6, 6.07) is 0. The summed E-state index contributed by atoms with van der Waals surface area (Å²) in [6.07, 6.45) is 16.7. The van der Waals surface area contributed by atoms with Crippen molar-refractivity contribution in [2.75, 3.05) is 0 Å². The van der Waals surface area contributed by atoms with Crippen molar-refractivity contribution in [3.63, 3.8) is 0 Å². The second-order valence-corrected chi connectivity index (χ2v) is 9.48. The molecule has 1 aliphatic heterocycles. The van der Waals surface area contributed by atoms with Gasteiger partial charge < -0.3 is 5.11 Å². The van der Waals surface area contributed by atoms with Crippen molar-refractivity contribution >= 4 is 12.4 Å². The van der Waals surface area contributed by atoms with Gasteiger partial charge in [-0.15, -0.1) is 0 Å². The minimum absolute atomic E-state index is 0.0571. The standard InChI is InChI=1S/C22H30N2O/c1-21-9-7-15(25)13-14(21)3-4-16-17-5-6-19(20-23-11-12-24-20)22(17,2)10-8-18(16)21/h3,6,11-12,15-18,20,25H,4-5,7-10,13H2,1-2H3/t15-,16?,17?,18?,21-,22-/m0/s1. The van der Waals surface area contributed by atoms with Gasteiger partial charge in [0, 0.05) is 12.4 Å². The molecule has 0 saturated heterocycles. The molecule has 2 saturated carbocycles. The van der Waals surface area contributed by atoms with Crippen LogP contribution in [0.2, 0.25) is 0 Å². The highest BCUT2D eigenvalue weighted by atomic mass is 16.3. The molecule has 0 aromatic heterocycles. The van der Waals surface area contributed by atoms with Crippen LogP contribution in [-0.2, 0) is 0 Å². The second kappa shape index (κ2) is 5.39. The maximum atomic E-state index is 10.1. The van der Waals surface area contributed by atoms with Crippen LogP contribution in [0, 0.1) is 28.6 Å². The van der Waals surface area contributed by atoms with Crippen LogP contribution in [-0.4, -0.2) is 29.8 Å². The first-order valence-electron chi connectivity index (χ1n) is 10.2. The van der Waals surface area contributed by atoms with Gasteiger partial charge in [0.1, 0.15) is 0 Å². The molecule has 0 aromatic rings. The van der Waals surface area contributed by atoms with Gasteiger partial charge in [0.2, 0.25) is 0 Å². The van der Waals surface area contributed by atoms with Crippen molar-refractivity contribution < 1.29 is 5.11 Å². The Kier molecular flexibility index (Phi) is 3.45. The van der Waals surface area contributed by atoms with Crippen LogP contribution < -0.4 is 0 Å². The monoisotopic (exact) mass is 338 g/mol. The molecule has 3 unspecified atom stereocenters. The van der Waals surface area contributed by atoms with Gasteiger partial charge in [-0.3, -0.25) is 9.98 Å². The predicted molar refractivity (Wildman–Crippen MR) is 102 cm³/mol. The molecule has 5 aliphatic rings. The van der Waals surface area contributed by atoms with E-state index in [1.807, 2.05) is 12.4 Å². The number of hydrogen-bond donors (Lipinski definition) is 1. The lowest BCUT2D eigenvalue weighted by Gasteiger charge is -2.57. The fourth-order valence-corrected chi connectivity index (χ4v) is 7.08. The Hall–Kier alpha value is -1.22. The first kappa shape index (κ1) is 16.0. The highest BCUT2D eigenvalue weighted by molar-refractivity contribution is 6.17. The first-order chi connectivity index (χ1) is 12.0. The maximum Gasteiger partial charge on any atom is 0.161 e. The summed E-state index contributed by atoms with van der Waals surface area (Å²) in [6.45, 7) is 4.99. The third-order valence-corrected chi connectivity index (χ3v) is 8.52. The minimum atomic E-state index is -0.109. The number of aliphatic imine (C=N–C) groups is 2. The summed E-state index contributed by atoms with van der Waals surface area (Å²) in [7, 11) is 0. The first-order valence-corrected chi connectivity index (χ1v) is 10.2. The third kappa shape index (κ3) is 2.14. The molecule has 3 heteroatoms. The van der Waals surface area contributed by atoms with Crippen LogP contribution in [0.3, 0.4) is 0 Å². The van der Waals surface area contributed by atoms with Crippen molar-refractivity contribution in [3.05, 3.63) is 23.3 Å². The fraction of sp³-hybridized carbons (Fsp3) is 0.727. The normalized spacial score (nSPS) is 48.6. The van der Waals surface area contributed by atoms with Gasteiger partial charge >= 0.3 is 0 Å². The Balaban J connectivity index is 1.46. The van der Waals surface area contributed by atoms with E-state index in [0.717, 1.165) is 30.6 Å². The number of fused-ring (bicyclic) bond motifs is 5. The van der Waals surface area contributed by atoms with Gasteiger partial charge in [-0.2, -0.15) is 0 Å². The van der Waals surface area contributed by atoms with Crippen LogP contribution in [0.25, 0.3) is 0 Å². The van der Waals surface area contributed by atoms with Crippen LogP contribution in [0.4, 0.5) is 0 Å². The summed E-state index contributed by atoms with van der Waals surface area (Å²) in [5.74, 6) is 2.32. The lowest BCUT2D eigenvalue weighted by Crippen LogP contribution is -2.50. The van der Waals surface area contributed by atoms with E-state index < -0.39 is 0 Å². The molecule has 25 heavy (non-hydrogen) atoms. The number of hydrogen-bond acceptors (Lipinski definition) is 3.